The highest BCUT2D eigenvalue weighted by atomic mass is 14.3. The maximum Gasteiger partial charge on any atom is -0.00196 e. The fourth-order valence-electron chi connectivity index (χ4n) is 5.02. The third kappa shape index (κ3) is 2.75. The van der Waals surface area contributed by atoms with Crippen molar-refractivity contribution >= 4 is 21.5 Å². The number of hydrogen-bond acceptors (Lipinski definition) is 0. The second-order valence-electron chi connectivity index (χ2n) is 8.66. The molecule has 0 aromatic heterocycles. The van der Waals surface area contributed by atoms with Gasteiger partial charge in [-0.3, -0.25) is 0 Å². The Balaban J connectivity index is 1.71. The number of aryl methyl sites for hydroxylation is 1. The van der Waals surface area contributed by atoms with Crippen molar-refractivity contribution in [2.45, 2.75) is 44.9 Å². The molecule has 0 saturated heterocycles. The van der Waals surface area contributed by atoms with Gasteiger partial charge in [0.1, 0.15) is 0 Å². The zero-order chi connectivity index (χ0) is 18.4. The molecular weight excluding hydrogens is 324 g/mol. The van der Waals surface area contributed by atoms with Gasteiger partial charge < -0.3 is 0 Å². The number of rotatable bonds is 2. The monoisotopic (exact) mass is 350 g/mol. The van der Waals surface area contributed by atoms with E-state index in [1.54, 1.807) is 11.1 Å². The lowest BCUT2D eigenvalue weighted by atomic mass is 9.71. The van der Waals surface area contributed by atoms with Gasteiger partial charge in [-0.25, -0.2) is 0 Å². The van der Waals surface area contributed by atoms with E-state index < -0.39 is 0 Å². The molecule has 0 nitrogen and oxygen atoms in total. The van der Waals surface area contributed by atoms with Crippen LogP contribution in [0, 0.1) is 0 Å². The van der Waals surface area contributed by atoms with Crippen LogP contribution in [-0.4, -0.2) is 0 Å². The highest BCUT2D eigenvalue weighted by Gasteiger charge is 2.28. The Kier molecular flexibility index (Phi) is 3.82. The van der Waals surface area contributed by atoms with Crippen LogP contribution in [0.1, 0.15) is 48.9 Å². The van der Waals surface area contributed by atoms with E-state index in [0.717, 1.165) is 6.42 Å². The van der Waals surface area contributed by atoms with Gasteiger partial charge in [0.2, 0.25) is 0 Å². The van der Waals surface area contributed by atoms with Crippen LogP contribution in [-0.2, 0) is 18.3 Å². The minimum absolute atomic E-state index is 0.298. The van der Waals surface area contributed by atoms with Crippen molar-refractivity contribution in [2.75, 3.05) is 0 Å². The van der Waals surface area contributed by atoms with Gasteiger partial charge >= 0.3 is 0 Å². The molecule has 5 rings (SSSR count). The Morgan fingerprint density at radius 3 is 2.30 bits per heavy atom. The molecular formula is C27H26. The predicted octanol–water partition coefficient (Wildman–Crippen LogP) is 7.20. The molecule has 0 atom stereocenters. The molecule has 0 spiro atoms. The number of fused-ring (bicyclic) bond motifs is 5. The van der Waals surface area contributed by atoms with Crippen molar-refractivity contribution in [1.82, 2.24) is 0 Å². The second-order valence-corrected chi connectivity index (χ2v) is 8.66. The topological polar surface area (TPSA) is 0 Å². The minimum Gasteiger partial charge on any atom is -0.0622 e. The van der Waals surface area contributed by atoms with Crippen molar-refractivity contribution in [3.8, 4) is 0 Å². The van der Waals surface area contributed by atoms with Crippen molar-refractivity contribution in [3.05, 3.63) is 95.1 Å². The lowest BCUT2D eigenvalue weighted by Gasteiger charge is -2.33. The Labute approximate surface area is 161 Å². The third-order valence-corrected chi connectivity index (χ3v) is 6.46. The van der Waals surface area contributed by atoms with E-state index >= 15 is 0 Å². The first-order chi connectivity index (χ1) is 13.1. The van der Waals surface area contributed by atoms with Gasteiger partial charge in [0, 0.05) is 0 Å². The van der Waals surface area contributed by atoms with Gasteiger partial charge in [0.05, 0.1) is 0 Å². The van der Waals surface area contributed by atoms with Crippen molar-refractivity contribution in [3.63, 3.8) is 0 Å². The van der Waals surface area contributed by atoms with Crippen LogP contribution in [0.2, 0.25) is 0 Å². The lowest BCUT2D eigenvalue weighted by molar-refractivity contribution is 0.433. The predicted molar refractivity (Wildman–Crippen MR) is 117 cm³/mol. The SMILES string of the molecule is CC1(C)CCCc2c1ccc1c2ccc2c(Cc3ccccc3)cccc21. The normalized spacial score (nSPS) is 15.8. The molecule has 0 fully saturated rings. The van der Waals surface area contributed by atoms with Crippen molar-refractivity contribution in [1.29, 1.82) is 0 Å². The van der Waals surface area contributed by atoms with Crippen molar-refractivity contribution < 1.29 is 0 Å². The quantitative estimate of drug-likeness (QED) is 0.335. The first-order valence-electron chi connectivity index (χ1n) is 10.1. The van der Waals surface area contributed by atoms with E-state index in [1.165, 1.54) is 51.9 Å². The molecule has 134 valence electrons. The molecule has 0 aliphatic heterocycles. The van der Waals surface area contributed by atoms with Gasteiger partial charge in [0.25, 0.3) is 0 Å². The van der Waals surface area contributed by atoms with E-state index in [9.17, 15) is 0 Å². The van der Waals surface area contributed by atoms with Gasteiger partial charge in [-0.1, -0.05) is 86.6 Å². The maximum atomic E-state index is 2.40. The minimum atomic E-state index is 0.298. The Bertz CT molecular complexity index is 1130. The molecule has 27 heavy (non-hydrogen) atoms. The van der Waals surface area contributed by atoms with Crippen LogP contribution in [0.3, 0.4) is 0 Å². The average Bonchev–Trinajstić information content (AvgIpc) is 2.68. The summed E-state index contributed by atoms with van der Waals surface area (Å²) in [6, 6.07) is 27.1. The first-order valence-corrected chi connectivity index (χ1v) is 10.1. The molecule has 0 saturated carbocycles. The van der Waals surface area contributed by atoms with E-state index in [0.29, 0.717) is 5.41 Å². The van der Waals surface area contributed by atoms with Gasteiger partial charge in [-0.15, -0.1) is 0 Å². The fourth-order valence-corrected chi connectivity index (χ4v) is 5.02. The maximum absolute atomic E-state index is 2.40. The molecule has 0 amide bonds. The summed E-state index contributed by atoms with van der Waals surface area (Å²) in [5.74, 6) is 0. The molecule has 0 heterocycles. The molecule has 0 N–H and O–H groups in total. The van der Waals surface area contributed by atoms with Crippen LogP contribution in [0.15, 0.2) is 72.8 Å². The fraction of sp³-hybridized carbons (Fsp3) is 0.259. The van der Waals surface area contributed by atoms with Crippen molar-refractivity contribution in [2.24, 2.45) is 0 Å². The summed E-state index contributed by atoms with van der Waals surface area (Å²) in [7, 11) is 0. The Hall–Kier alpha value is -2.60. The summed E-state index contributed by atoms with van der Waals surface area (Å²) >= 11 is 0. The molecule has 4 aromatic rings. The lowest BCUT2D eigenvalue weighted by Crippen LogP contribution is -2.23. The highest BCUT2D eigenvalue weighted by molar-refractivity contribution is 6.09. The summed E-state index contributed by atoms with van der Waals surface area (Å²) in [6.45, 7) is 4.80. The van der Waals surface area contributed by atoms with Crippen LogP contribution in [0.4, 0.5) is 0 Å². The summed E-state index contributed by atoms with van der Waals surface area (Å²) in [5.41, 5.74) is 6.22. The third-order valence-electron chi connectivity index (χ3n) is 6.46. The van der Waals surface area contributed by atoms with Gasteiger partial charge in [-0.05, 0) is 74.9 Å². The average molecular weight is 351 g/mol. The Morgan fingerprint density at radius 1 is 0.704 bits per heavy atom. The Morgan fingerprint density at radius 2 is 1.44 bits per heavy atom. The zero-order valence-electron chi connectivity index (χ0n) is 16.3. The number of benzene rings is 4. The molecule has 0 heteroatoms. The molecule has 1 aliphatic rings. The van der Waals surface area contributed by atoms with Crippen LogP contribution >= 0.6 is 0 Å². The summed E-state index contributed by atoms with van der Waals surface area (Å²) in [6.07, 6.45) is 4.79. The summed E-state index contributed by atoms with van der Waals surface area (Å²) in [5, 5.41) is 5.67. The van der Waals surface area contributed by atoms with E-state index in [4.69, 9.17) is 0 Å². The van der Waals surface area contributed by atoms with Crippen LogP contribution < -0.4 is 0 Å². The zero-order valence-corrected chi connectivity index (χ0v) is 16.3. The van der Waals surface area contributed by atoms with Crippen LogP contribution in [0.5, 0.6) is 0 Å². The molecule has 1 aliphatic carbocycles. The van der Waals surface area contributed by atoms with Crippen LogP contribution in [0.25, 0.3) is 21.5 Å². The van der Waals surface area contributed by atoms with Gasteiger partial charge in [-0.2, -0.15) is 0 Å². The molecule has 0 radical (unpaired) electrons. The van der Waals surface area contributed by atoms with Gasteiger partial charge in [0.15, 0.2) is 0 Å². The molecule has 4 aromatic carbocycles. The van der Waals surface area contributed by atoms with E-state index in [1.807, 2.05) is 0 Å². The molecule has 0 unspecified atom stereocenters. The largest absolute Gasteiger partial charge is 0.0622 e. The standard InChI is InChI=1S/C27H26/c1-27(2)17-7-12-25-24-14-13-21-20(18-19-8-4-3-5-9-19)10-6-11-22(21)23(24)15-16-26(25)27/h3-6,8-11,13-16H,7,12,17-18H2,1-2H3. The van der Waals surface area contributed by atoms with E-state index in [-0.39, 0.29) is 0 Å². The summed E-state index contributed by atoms with van der Waals surface area (Å²) in [4.78, 5) is 0. The number of hydrogen-bond donors (Lipinski definition) is 0. The second kappa shape index (κ2) is 6.23. The first kappa shape index (κ1) is 16.6. The smallest absolute Gasteiger partial charge is 0.00196 e. The molecule has 0 bridgehead atoms. The van der Waals surface area contributed by atoms with E-state index in [2.05, 4.69) is 86.6 Å². The summed E-state index contributed by atoms with van der Waals surface area (Å²) < 4.78 is 0. The highest BCUT2D eigenvalue weighted by Crippen LogP contribution is 2.41.